The monoisotopic (exact) mass is 335 g/mol. The lowest BCUT2D eigenvalue weighted by Gasteiger charge is -2.23. The smallest absolute Gasteiger partial charge is 0.337 e. The molecular formula is C11H22N6O6. The maximum Gasteiger partial charge on any atom is 0.337 e. The van der Waals surface area contributed by atoms with Crippen LogP contribution in [0.15, 0.2) is 0 Å². The van der Waals surface area contributed by atoms with E-state index in [1.165, 1.54) is 0 Å². The lowest BCUT2D eigenvalue weighted by Crippen LogP contribution is -2.61. The molecule has 0 aromatic heterocycles. The Labute approximate surface area is 133 Å². The molecule has 0 unspecified atom stereocenters. The van der Waals surface area contributed by atoms with E-state index in [9.17, 15) is 24.3 Å². The van der Waals surface area contributed by atoms with Crippen molar-refractivity contribution in [2.45, 2.75) is 18.9 Å². The SMILES string of the molecule is [2H]OC(O)(NC(=O)CC(=O)NCNC)NC(=O)CC(=O)NCNC. The van der Waals surface area contributed by atoms with Crippen LogP contribution in [0.5, 0.6) is 0 Å². The van der Waals surface area contributed by atoms with Gasteiger partial charge in [-0.15, -0.1) is 0 Å². The summed E-state index contributed by atoms with van der Waals surface area (Å²) in [6.45, 7) is 0.258. The third-order valence-electron chi connectivity index (χ3n) is 2.18. The normalized spacial score (nSPS) is 11.2. The molecule has 0 atom stereocenters. The molecule has 0 saturated heterocycles. The molecule has 132 valence electrons. The lowest BCUT2D eigenvalue weighted by molar-refractivity contribution is -0.209. The second-order valence-corrected chi connectivity index (χ2v) is 4.35. The average Bonchev–Trinajstić information content (AvgIpc) is 2.50. The minimum absolute atomic E-state index is 0.129. The molecule has 0 heterocycles. The van der Waals surface area contributed by atoms with E-state index in [-0.39, 0.29) is 13.3 Å². The first-order valence-corrected chi connectivity index (χ1v) is 6.57. The molecule has 0 aliphatic carbocycles. The van der Waals surface area contributed by atoms with Crippen LogP contribution in [0.3, 0.4) is 0 Å². The molecule has 23 heavy (non-hydrogen) atoms. The van der Waals surface area contributed by atoms with Crippen LogP contribution in [0.4, 0.5) is 0 Å². The molecule has 0 saturated carbocycles. The van der Waals surface area contributed by atoms with Gasteiger partial charge in [0.05, 0.1) is 13.3 Å². The highest BCUT2D eigenvalue weighted by Gasteiger charge is 2.29. The van der Waals surface area contributed by atoms with E-state index in [4.69, 9.17) is 1.43 Å². The highest BCUT2D eigenvalue weighted by Crippen LogP contribution is 1.93. The van der Waals surface area contributed by atoms with Crippen molar-refractivity contribution in [1.82, 2.24) is 31.9 Å². The summed E-state index contributed by atoms with van der Waals surface area (Å²) in [6.07, 6.45) is -1.35. The summed E-state index contributed by atoms with van der Waals surface area (Å²) in [5.41, 5.74) is 0. The number of hydrogen-bond donors (Lipinski definition) is 8. The minimum Gasteiger partial charge on any atom is -0.343 e. The van der Waals surface area contributed by atoms with Crippen molar-refractivity contribution in [2.24, 2.45) is 0 Å². The summed E-state index contributed by atoms with van der Waals surface area (Å²) in [5.74, 6) is -3.35. The summed E-state index contributed by atoms with van der Waals surface area (Å²) < 4.78 is 6.73. The van der Waals surface area contributed by atoms with E-state index in [2.05, 4.69) is 26.4 Å². The summed E-state index contributed by atoms with van der Waals surface area (Å²) in [4.78, 5) is 45.8. The topological polar surface area (TPSA) is 181 Å². The van der Waals surface area contributed by atoms with E-state index in [0.717, 1.165) is 0 Å². The second-order valence-electron chi connectivity index (χ2n) is 4.35. The van der Waals surface area contributed by atoms with Crippen LogP contribution in [-0.4, -0.2) is 68.7 Å². The molecule has 4 amide bonds. The van der Waals surface area contributed by atoms with Crippen molar-refractivity contribution in [1.29, 1.82) is 1.43 Å². The lowest BCUT2D eigenvalue weighted by atomic mass is 10.3. The molecule has 0 aromatic carbocycles. The molecule has 0 aliphatic heterocycles. The molecule has 0 spiro atoms. The minimum atomic E-state index is -2.87. The number of carbonyl (C=O) groups excluding carboxylic acids is 4. The predicted octanol–water partition coefficient (Wildman–Crippen LogP) is -4.82. The van der Waals surface area contributed by atoms with Gasteiger partial charge >= 0.3 is 6.03 Å². The van der Waals surface area contributed by atoms with Crippen LogP contribution in [-0.2, 0) is 19.2 Å². The molecule has 12 nitrogen and oxygen atoms in total. The van der Waals surface area contributed by atoms with Gasteiger partial charge in [-0.2, -0.15) is 0 Å². The fraction of sp³-hybridized carbons (Fsp3) is 0.636. The number of carbonyl (C=O) groups is 4. The second kappa shape index (κ2) is 10.4. The predicted molar refractivity (Wildman–Crippen MR) is 76.8 cm³/mol. The zero-order valence-electron chi connectivity index (χ0n) is 13.8. The van der Waals surface area contributed by atoms with Gasteiger partial charge in [-0.3, -0.25) is 29.8 Å². The summed E-state index contributed by atoms with van der Waals surface area (Å²) >= 11 is 0. The van der Waals surface area contributed by atoms with Crippen molar-refractivity contribution >= 4 is 23.6 Å². The van der Waals surface area contributed by atoms with Crippen LogP contribution in [0.25, 0.3) is 0 Å². The van der Waals surface area contributed by atoms with Gasteiger partial charge in [-0.05, 0) is 14.1 Å². The Morgan fingerprint density at radius 3 is 1.57 bits per heavy atom. The Morgan fingerprint density at radius 2 is 1.26 bits per heavy atom. The number of aliphatic hydroxyl groups is 2. The van der Waals surface area contributed by atoms with Gasteiger partial charge in [-0.25, -0.2) is 0 Å². The molecule has 0 rings (SSSR count). The third kappa shape index (κ3) is 11.0. The molecular weight excluding hydrogens is 312 g/mol. The number of nitrogens with one attached hydrogen (secondary N) is 6. The van der Waals surface area contributed by atoms with Crippen LogP contribution >= 0.6 is 0 Å². The van der Waals surface area contributed by atoms with E-state index in [1.807, 2.05) is 0 Å². The van der Waals surface area contributed by atoms with E-state index < -0.39 is 42.5 Å². The molecule has 12 heteroatoms. The van der Waals surface area contributed by atoms with Crippen LogP contribution in [0.1, 0.15) is 12.8 Å². The third-order valence-corrected chi connectivity index (χ3v) is 2.18. The van der Waals surface area contributed by atoms with E-state index >= 15 is 0 Å². The zero-order valence-corrected chi connectivity index (χ0v) is 12.8. The average molecular weight is 335 g/mol. The Balaban J connectivity index is 4.45. The summed E-state index contributed by atoms with van der Waals surface area (Å²) in [7, 11) is 3.16. The Hall–Kier alpha value is -2.28. The number of rotatable bonds is 11. The maximum absolute atomic E-state index is 11.6. The molecule has 0 radical (unpaired) electrons. The number of hydrogen-bond acceptors (Lipinski definition) is 8. The van der Waals surface area contributed by atoms with Crippen molar-refractivity contribution in [2.75, 3.05) is 27.4 Å². The summed E-state index contributed by atoms with van der Waals surface area (Å²) in [5, 5.41) is 27.0. The Kier molecular flexibility index (Phi) is 8.52. The van der Waals surface area contributed by atoms with Gasteiger partial charge in [0.25, 0.3) is 0 Å². The molecule has 0 fully saturated rings. The van der Waals surface area contributed by atoms with Gasteiger partial charge < -0.3 is 31.5 Å². The van der Waals surface area contributed by atoms with Crippen LogP contribution in [0.2, 0.25) is 0 Å². The first-order chi connectivity index (χ1) is 11.3. The fourth-order valence-electron chi connectivity index (χ4n) is 1.29. The van der Waals surface area contributed by atoms with Gasteiger partial charge in [0, 0.05) is 0 Å². The van der Waals surface area contributed by atoms with E-state index in [1.54, 1.807) is 24.7 Å². The first kappa shape index (κ1) is 18.8. The largest absolute Gasteiger partial charge is 0.343 e. The first-order valence-electron chi connectivity index (χ1n) is 6.98. The van der Waals surface area contributed by atoms with Gasteiger partial charge in [0.1, 0.15) is 12.8 Å². The van der Waals surface area contributed by atoms with Crippen LogP contribution < -0.4 is 31.9 Å². The standard InChI is InChI=1S/C11H22N6O6/c1-12-5-14-7(18)3-9(20)16-11(22,23)17-10(21)4-8(19)15-6-13-2/h12-13,22-23H,3-6H2,1-2H3,(H,14,18)(H,15,19)(H,16,20)(H,17,21)/i22D. The molecule has 0 aromatic rings. The van der Waals surface area contributed by atoms with Crippen molar-refractivity contribution in [3.63, 3.8) is 0 Å². The molecule has 8 N–H and O–H groups in total. The van der Waals surface area contributed by atoms with Crippen LogP contribution in [0, 0.1) is 0 Å². The van der Waals surface area contributed by atoms with Crippen molar-refractivity contribution < 1.29 is 29.4 Å². The van der Waals surface area contributed by atoms with Crippen molar-refractivity contribution in [3.8, 4) is 0 Å². The molecule has 0 bridgehead atoms. The highest BCUT2D eigenvalue weighted by molar-refractivity contribution is 5.98. The van der Waals surface area contributed by atoms with Crippen molar-refractivity contribution in [3.05, 3.63) is 0 Å². The quantitative estimate of drug-likeness (QED) is 0.137. The van der Waals surface area contributed by atoms with Gasteiger partial charge in [-0.1, -0.05) is 0 Å². The zero-order chi connectivity index (χ0) is 18.6. The summed E-state index contributed by atoms with van der Waals surface area (Å²) in [6, 6.07) is -2.87. The fourth-order valence-corrected chi connectivity index (χ4v) is 1.29. The maximum atomic E-state index is 11.6. The number of amides is 4. The highest BCUT2D eigenvalue weighted by atomic mass is 16.6. The van der Waals surface area contributed by atoms with E-state index in [0.29, 0.717) is 0 Å². The van der Waals surface area contributed by atoms with Gasteiger partial charge in [0.15, 0.2) is 0 Å². The Morgan fingerprint density at radius 1 is 0.870 bits per heavy atom. The molecule has 0 aliphatic rings. The van der Waals surface area contributed by atoms with Gasteiger partial charge in [0.2, 0.25) is 25.1 Å². The Bertz CT molecular complexity index is 426.